The maximum atomic E-state index is 5.89. The molecule has 0 spiro atoms. The van der Waals surface area contributed by atoms with Crippen molar-refractivity contribution in [2.75, 3.05) is 25.4 Å². The molecule has 1 fully saturated rings. The monoisotopic (exact) mass is 305 g/mol. The topological polar surface area (TPSA) is 86.0 Å². The molecule has 6 nitrogen and oxygen atoms in total. The van der Waals surface area contributed by atoms with E-state index in [-0.39, 0.29) is 6.10 Å². The molecule has 1 saturated heterocycles. The summed E-state index contributed by atoms with van der Waals surface area (Å²) in [6.45, 7) is 2.17. The molecule has 3 rings (SSSR count). The fourth-order valence-corrected chi connectivity index (χ4v) is 2.30. The summed E-state index contributed by atoms with van der Waals surface area (Å²) in [6, 6.07) is 7.58. The van der Waals surface area contributed by atoms with Gasteiger partial charge in [0.1, 0.15) is 6.10 Å². The van der Waals surface area contributed by atoms with Gasteiger partial charge in [-0.2, -0.15) is 0 Å². The molecule has 3 N–H and O–H groups in total. The van der Waals surface area contributed by atoms with Gasteiger partial charge in [0.05, 0.1) is 12.3 Å². The van der Waals surface area contributed by atoms with Crippen molar-refractivity contribution >= 4 is 17.4 Å². The Labute approximate surface area is 127 Å². The molecule has 1 atom stereocenters. The quantitative estimate of drug-likeness (QED) is 0.890. The van der Waals surface area contributed by atoms with E-state index in [9.17, 15) is 0 Å². The Bertz CT molecular complexity index is 613. The molecular formula is C14H16ClN5O. The number of benzene rings is 1. The maximum absolute atomic E-state index is 5.89. The van der Waals surface area contributed by atoms with E-state index in [0.717, 1.165) is 12.1 Å². The molecule has 0 bridgehead atoms. The van der Waals surface area contributed by atoms with Crippen molar-refractivity contribution in [3.63, 3.8) is 0 Å². The van der Waals surface area contributed by atoms with Crippen molar-refractivity contribution in [1.82, 2.24) is 20.5 Å². The van der Waals surface area contributed by atoms with Crippen LogP contribution in [0.15, 0.2) is 24.3 Å². The normalized spacial score (nSPS) is 18.6. The summed E-state index contributed by atoms with van der Waals surface area (Å²) < 4.78 is 5.64. The van der Waals surface area contributed by atoms with E-state index in [2.05, 4.69) is 20.5 Å². The number of nitrogen functional groups attached to an aromatic ring is 1. The number of nitrogens with two attached hydrogens (primary N) is 1. The fourth-order valence-electron chi connectivity index (χ4n) is 2.17. The lowest BCUT2D eigenvalue weighted by molar-refractivity contribution is 0.0214. The molecule has 1 aromatic carbocycles. The van der Waals surface area contributed by atoms with Crippen LogP contribution in [0.3, 0.4) is 0 Å². The summed E-state index contributed by atoms with van der Waals surface area (Å²) >= 11 is 5.89. The highest BCUT2D eigenvalue weighted by Crippen LogP contribution is 2.18. The third-order valence-electron chi connectivity index (χ3n) is 3.31. The Morgan fingerprint density at radius 1 is 1.29 bits per heavy atom. The Morgan fingerprint density at radius 2 is 2.10 bits per heavy atom. The first-order valence-electron chi connectivity index (χ1n) is 6.78. The highest BCUT2D eigenvalue weighted by molar-refractivity contribution is 6.30. The predicted octanol–water partition coefficient (Wildman–Crippen LogP) is 1.36. The van der Waals surface area contributed by atoms with Crippen molar-refractivity contribution in [3.05, 3.63) is 46.4 Å². The molecule has 2 aromatic rings. The van der Waals surface area contributed by atoms with Crippen LogP contribution < -0.4 is 11.1 Å². The maximum Gasteiger partial charge on any atom is 0.181 e. The molecule has 0 aliphatic carbocycles. The van der Waals surface area contributed by atoms with Gasteiger partial charge in [0.2, 0.25) is 0 Å². The first kappa shape index (κ1) is 14.2. The molecule has 2 heterocycles. The lowest BCUT2D eigenvalue weighted by Crippen LogP contribution is -2.34. The zero-order valence-corrected chi connectivity index (χ0v) is 12.2. The number of morpholine rings is 1. The minimum absolute atomic E-state index is 0.171. The molecule has 0 radical (unpaired) electrons. The highest BCUT2D eigenvalue weighted by atomic mass is 35.5. The largest absolute Gasteiger partial charge is 0.381 e. The predicted molar refractivity (Wildman–Crippen MR) is 80.1 cm³/mol. The minimum Gasteiger partial charge on any atom is -0.381 e. The molecule has 0 amide bonds. The average molecular weight is 306 g/mol. The summed E-state index contributed by atoms with van der Waals surface area (Å²) in [4.78, 5) is 4.52. The van der Waals surface area contributed by atoms with E-state index < -0.39 is 0 Å². The van der Waals surface area contributed by atoms with Crippen molar-refractivity contribution in [2.45, 2.75) is 12.5 Å². The minimum atomic E-state index is -0.171. The van der Waals surface area contributed by atoms with Crippen molar-refractivity contribution in [2.24, 2.45) is 0 Å². The molecule has 0 saturated carbocycles. The molecule has 7 heteroatoms. The van der Waals surface area contributed by atoms with Crippen LogP contribution in [0.1, 0.15) is 23.2 Å². The van der Waals surface area contributed by atoms with Crippen LogP contribution in [0.25, 0.3) is 0 Å². The van der Waals surface area contributed by atoms with Crippen molar-refractivity contribution in [1.29, 1.82) is 0 Å². The van der Waals surface area contributed by atoms with Gasteiger partial charge in [-0.3, -0.25) is 0 Å². The molecule has 1 unspecified atom stereocenters. The van der Waals surface area contributed by atoms with Gasteiger partial charge in [-0.15, -0.1) is 10.2 Å². The number of nitrogens with zero attached hydrogens (tertiary/aromatic N) is 3. The van der Waals surface area contributed by atoms with Gasteiger partial charge in [0.25, 0.3) is 0 Å². The number of ether oxygens (including phenoxy) is 1. The number of hydrogen-bond acceptors (Lipinski definition) is 6. The number of hydrogen-bond donors (Lipinski definition) is 2. The fraction of sp³-hybridized carbons (Fsp3) is 0.357. The van der Waals surface area contributed by atoms with Crippen LogP contribution >= 0.6 is 11.6 Å². The van der Waals surface area contributed by atoms with Crippen LogP contribution in [0.2, 0.25) is 5.02 Å². The van der Waals surface area contributed by atoms with Crippen molar-refractivity contribution < 1.29 is 4.74 Å². The molecule has 21 heavy (non-hydrogen) atoms. The molecule has 110 valence electrons. The average Bonchev–Trinajstić information content (AvgIpc) is 2.52. The highest BCUT2D eigenvalue weighted by Gasteiger charge is 2.20. The molecular weight excluding hydrogens is 290 g/mol. The lowest BCUT2D eigenvalue weighted by Gasteiger charge is -2.22. The molecule has 1 aliphatic heterocycles. The molecule has 1 aliphatic rings. The second-order valence-electron chi connectivity index (χ2n) is 4.87. The van der Waals surface area contributed by atoms with Crippen LogP contribution in [0.4, 0.5) is 5.82 Å². The zero-order valence-electron chi connectivity index (χ0n) is 11.4. The van der Waals surface area contributed by atoms with Gasteiger partial charge < -0.3 is 15.8 Å². The number of aromatic nitrogens is 3. The van der Waals surface area contributed by atoms with Gasteiger partial charge >= 0.3 is 0 Å². The van der Waals surface area contributed by atoms with Crippen LogP contribution in [0.5, 0.6) is 0 Å². The van der Waals surface area contributed by atoms with Gasteiger partial charge in [-0.1, -0.05) is 23.7 Å². The van der Waals surface area contributed by atoms with E-state index in [1.54, 1.807) is 0 Å². The van der Waals surface area contributed by atoms with E-state index in [4.69, 9.17) is 22.1 Å². The van der Waals surface area contributed by atoms with E-state index in [1.807, 2.05) is 24.3 Å². The third-order valence-corrected chi connectivity index (χ3v) is 3.56. The van der Waals surface area contributed by atoms with E-state index in [0.29, 0.717) is 41.9 Å². The third kappa shape index (κ3) is 3.47. The Kier molecular flexibility index (Phi) is 4.28. The summed E-state index contributed by atoms with van der Waals surface area (Å²) in [6.07, 6.45) is 0.418. The SMILES string of the molecule is Nc1nnc(C2CNCCO2)nc1Cc1ccc(Cl)cc1. The first-order chi connectivity index (χ1) is 10.2. The second kappa shape index (κ2) is 6.34. The summed E-state index contributed by atoms with van der Waals surface area (Å²) in [5.74, 6) is 0.915. The van der Waals surface area contributed by atoms with E-state index >= 15 is 0 Å². The number of anilines is 1. The van der Waals surface area contributed by atoms with Crippen LogP contribution in [-0.4, -0.2) is 34.9 Å². The number of nitrogens with one attached hydrogen (secondary N) is 1. The lowest BCUT2D eigenvalue weighted by atomic mass is 10.1. The Hall–Kier alpha value is -1.76. The number of halogens is 1. The van der Waals surface area contributed by atoms with Crippen LogP contribution in [-0.2, 0) is 11.2 Å². The first-order valence-corrected chi connectivity index (χ1v) is 7.16. The second-order valence-corrected chi connectivity index (χ2v) is 5.31. The standard InChI is InChI=1S/C14H16ClN5O/c15-10-3-1-9(2-4-10)7-11-13(16)19-20-14(18-11)12-8-17-5-6-21-12/h1-4,12,17H,5-8H2,(H2,16,19). The Morgan fingerprint density at radius 3 is 2.81 bits per heavy atom. The zero-order chi connectivity index (χ0) is 14.7. The van der Waals surface area contributed by atoms with Gasteiger partial charge in [0, 0.05) is 24.5 Å². The van der Waals surface area contributed by atoms with Crippen molar-refractivity contribution in [3.8, 4) is 0 Å². The van der Waals surface area contributed by atoms with Crippen LogP contribution in [0, 0.1) is 0 Å². The number of rotatable bonds is 3. The van der Waals surface area contributed by atoms with Gasteiger partial charge in [0.15, 0.2) is 11.6 Å². The Balaban J connectivity index is 1.82. The summed E-state index contributed by atoms with van der Waals surface area (Å²) in [5.41, 5.74) is 7.65. The van der Waals surface area contributed by atoms with E-state index in [1.165, 1.54) is 0 Å². The van der Waals surface area contributed by atoms with Gasteiger partial charge in [-0.25, -0.2) is 4.98 Å². The smallest absolute Gasteiger partial charge is 0.181 e. The molecule has 1 aromatic heterocycles. The summed E-state index contributed by atoms with van der Waals surface area (Å²) in [5, 5.41) is 12.0. The summed E-state index contributed by atoms with van der Waals surface area (Å²) in [7, 11) is 0. The van der Waals surface area contributed by atoms with Gasteiger partial charge in [-0.05, 0) is 17.7 Å².